The lowest BCUT2D eigenvalue weighted by Gasteiger charge is -2.26. The zero-order valence-electron chi connectivity index (χ0n) is 8.85. The van der Waals surface area contributed by atoms with Gasteiger partial charge in [0.1, 0.15) is 0 Å². The Morgan fingerprint density at radius 2 is 2.23 bits per heavy atom. The Morgan fingerprint density at radius 1 is 1.54 bits per heavy atom. The number of rotatable bonds is 1. The van der Waals surface area contributed by atoms with Crippen LogP contribution >= 0.6 is 0 Å². The van der Waals surface area contributed by atoms with Gasteiger partial charge in [0.25, 0.3) is 0 Å². The predicted molar refractivity (Wildman–Crippen MR) is 53.9 cm³/mol. The van der Waals surface area contributed by atoms with Gasteiger partial charge in [0.15, 0.2) is 5.96 Å². The second-order valence-electron chi connectivity index (χ2n) is 4.02. The van der Waals surface area contributed by atoms with Crippen molar-refractivity contribution in [2.45, 2.75) is 19.9 Å². The van der Waals surface area contributed by atoms with E-state index in [2.05, 4.69) is 29.5 Å². The Kier molecular flexibility index (Phi) is 3.14. The number of ether oxygens (including phenoxy) is 1. The highest BCUT2D eigenvalue weighted by Gasteiger charge is 2.35. The summed E-state index contributed by atoms with van der Waals surface area (Å²) in [5, 5.41) is 6.32. The Bertz CT molecular complexity index is 201. The molecule has 4 heteroatoms. The van der Waals surface area contributed by atoms with E-state index in [0.717, 1.165) is 19.2 Å². The summed E-state index contributed by atoms with van der Waals surface area (Å²) >= 11 is 0. The number of nitrogens with zero attached hydrogens (tertiary/aromatic N) is 1. The molecular formula is C9H19N3O. The Balaban J connectivity index is 2.53. The molecule has 1 heterocycles. The topological polar surface area (TPSA) is 45.7 Å². The standard InChI is InChI=1S/C9H19N3O/c1-9(2)6-13-5-7(9)12-8(10-3)11-4/h7H,5-6H2,1-4H3,(H2,10,11,12). The molecule has 0 aromatic rings. The van der Waals surface area contributed by atoms with Crippen molar-refractivity contribution in [3.8, 4) is 0 Å². The first-order valence-electron chi connectivity index (χ1n) is 4.59. The number of aliphatic imine (C=N–C) groups is 1. The van der Waals surface area contributed by atoms with Crippen molar-refractivity contribution in [2.24, 2.45) is 10.4 Å². The summed E-state index contributed by atoms with van der Waals surface area (Å²) < 4.78 is 5.42. The Labute approximate surface area is 79.8 Å². The molecule has 1 fully saturated rings. The summed E-state index contributed by atoms with van der Waals surface area (Å²) in [4.78, 5) is 4.07. The Hall–Kier alpha value is -0.770. The van der Waals surface area contributed by atoms with Gasteiger partial charge in [-0.2, -0.15) is 0 Å². The predicted octanol–water partition coefficient (Wildman–Crippen LogP) is 0.206. The first-order chi connectivity index (χ1) is 6.10. The molecule has 0 amide bonds. The van der Waals surface area contributed by atoms with Crippen LogP contribution in [-0.2, 0) is 4.74 Å². The molecule has 0 bridgehead atoms. The molecule has 1 rings (SSSR count). The molecule has 0 radical (unpaired) electrons. The highest BCUT2D eigenvalue weighted by Crippen LogP contribution is 2.26. The van der Waals surface area contributed by atoms with Crippen LogP contribution in [0.4, 0.5) is 0 Å². The van der Waals surface area contributed by atoms with Crippen molar-refractivity contribution in [1.82, 2.24) is 10.6 Å². The van der Waals surface area contributed by atoms with E-state index < -0.39 is 0 Å². The third-order valence-corrected chi connectivity index (χ3v) is 2.47. The van der Waals surface area contributed by atoms with Crippen LogP contribution in [0.3, 0.4) is 0 Å². The second kappa shape index (κ2) is 3.96. The minimum Gasteiger partial charge on any atom is -0.379 e. The molecule has 0 aliphatic carbocycles. The normalized spacial score (nSPS) is 27.4. The van der Waals surface area contributed by atoms with Gasteiger partial charge in [0, 0.05) is 19.5 Å². The fourth-order valence-electron chi connectivity index (χ4n) is 1.42. The largest absolute Gasteiger partial charge is 0.379 e. The van der Waals surface area contributed by atoms with Crippen molar-refractivity contribution in [3.05, 3.63) is 0 Å². The van der Waals surface area contributed by atoms with Crippen LogP contribution in [0.15, 0.2) is 4.99 Å². The first kappa shape index (κ1) is 10.3. The minimum absolute atomic E-state index is 0.187. The zero-order valence-corrected chi connectivity index (χ0v) is 8.85. The summed E-state index contributed by atoms with van der Waals surface area (Å²) in [5.41, 5.74) is 0.187. The highest BCUT2D eigenvalue weighted by molar-refractivity contribution is 5.79. The molecule has 0 spiro atoms. The van der Waals surface area contributed by atoms with Crippen molar-refractivity contribution in [2.75, 3.05) is 27.3 Å². The monoisotopic (exact) mass is 185 g/mol. The molecule has 1 unspecified atom stereocenters. The van der Waals surface area contributed by atoms with E-state index in [1.807, 2.05) is 7.05 Å². The number of hydrogen-bond acceptors (Lipinski definition) is 2. The number of hydrogen-bond donors (Lipinski definition) is 2. The maximum absolute atomic E-state index is 5.42. The first-order valence-corrected chi connectivity index (χ1v) is 4.59. The maximum Gasteiger partial charge on any atom is 0.191 e. The third-order valence-electron chi connectivity index (χ3n) is 2.47. The van der Waals surface area contributed by atoms with E-state index in [0.29, 0.717) is 6.04 Å². The average molecular weight is 185 g/mol. The van der Waals surface area contributed by atoms with Gasteiger partial charge in [0.2, 0.25) is 0 Å². The molecule has 0 aromatic carbocycles. The number of guanidine groups is 1. The zero-order chi connectivity index (χ0) is 9.90. The van der Waals surface area contributed by atoms with Gasteiger partial charge in [0.05, 0.1) is 19.3 Å². The van der Waals surface area contributed by atoms with E-state index in [1.54, 1.807) is 7.05 Å². The molecule has 0 saturated carbocycles. The van der Waals surface area contributed by atoms with Crippen LogP contribution in [0, 0.1) is 5.41 Å². The lowest BCUT2D eigenvalue weighted by atomic mass is 9.88. The third kappa shape index (κ3) is 2.34. The van der Waals surface area contributed by atoms with Gasteiger partial charge < -0.3 is 15.4 Å². The van der Waals surface area contributed by atoms with Gasteiger partial charge in [-0.05, 0) is 0 Å². The SMILES string of the molecule is CN=C(NC)NC1COCC1(C)C. The van der Waals surface area contributed by atoms with E-state index in [1.165, 1.54) is 0 Å². The molecule has 4 nitrogen and oxygen atoms in total. The van der Waals surface area contributed by atoms with Crippen molar-refractivity contribution < 1.29 is 4.74 Å². The van der Waals surface area contributed by atoms with Crippen LogP contribution < -0.4 is 10.6 Å². The van der Waals surface area contributed by atoms with Crippen LogP contribution in [0.25, 0.3) is 0 Å². The molecule has 1 aliphatic heterocycles. The van der Waals surface area contributed by atoms with Gasteiger partial charge in [-0.25, -0.2) is 0 Å². The fraction of sp³-hybridized carbons (Fsp3) is 0.889. The molecule has 76 valence electrons. The average Bonchev–Trinajstić information content (AvgIpc) is 2.41. The second-order valence-corrected chi connectivity index (χ2v) is 4.02. The van der Waals surface area contributed by atoms with Crippen molar-refractivity contribution >= 4 is 5.96 Å². The molecule has 1 aliphatic rings. The summed E-state index contributed by atoms with van der Waals surface area (Å²) in [6.07, 6.45) is 0. The van der Waals surface area contributed by atoms with Crippen LogP contribution in [-0.4, -0.2) is 39.3 Å². The lowest BCUT2D eigenvalue weighted by molar-refractivity contribution is 0.166. The molecule has 1 atom stereocenters. The number of nitrogens with one attached hydrogen (secondary N) is 2. The van der Waals surface area contributed by atoms with E-state index in [9.17, 15) is 0 Å². The van der Waals surface area contributed by atoms with E-state index >= 15 is 0 Å². The molecule has 1 saturated heterocycles. The summed E-state index contributed by atoms with van der Waals surface area (Å²) in [6.45, 7) is 5.96. The molecule has 2 N–H and O–H groups in total. The smallest absolute Gasteiger partial charge is 0.191 e. The molecule has 0 aromatic heterocycles. The summed E-state index contributed by atoms with van der Waals surface area (Å²) in [6, 6.07) is 0.346. The Morgan fingerprint density at radius 3 is 2.62 bits per heavy atom. The van der Waals surface area contributed by atoms with Crippen LogP contribution in [0.1, 0.15) is 13.8 Å². The van der Waals surface area contributed by atoms with Gasteiger partial charge in [-0.3, -0.25) is 4.99 Å². The van der Waals surface area contributed by atoms with E-state index in [-0.39, 0.29) is 5.41 Å². The van der Waals surface area contributed by atoms with Crippen LogP contribution in [0.5, 0.6) is 0 Å². The summed E-state index contributed by atoms with van der Waals surface area (Å²) in [7, 11) is 3.62. The fourth-order valence-corrected chi connectivity index (χ4v) is 1.42. The quantitative estimate of drug-likeness (QED) is 0.453. The van der Waals surface area contributed by atoms with Crippen molar-refractivity contribution in [1.29, 1.82) is 0 Å². The van der Waals surface area contributed by atoms with Gasteiger partial charge in [-0.15, -0.1) is 0 Å². The summed E-state index contributed by atoms with van der Waals surface area (Å²) in [5.74, 6) is 0.823. The van der Waals surface area contributed by atoms with Crippen molar-refractivity contribution in [3.63, 3.8) is 0 Å². The van der Waals surface area contributed by atoms with Crippen LogP contribution in [0.2, 0.25) is 0 Å². The van der Waals surface area contributed by atoms with Gasteiger partial charge in [-0.1, -0.05) is 13.8 Å². The minimum atomic E-state index is 0.187. The lowest BCUT2D eigenvalue weighted by Crippen LogP contribution is -2.48. The maximum atomic E-state index is 5.42. The molecular weight excluding hydrogens is 166 g/mol. The van der Waals surface area contributed by atoms with Gasteiger partial charge >= 0.3 is 0 Å². The highest BCUT2D eigenvalue weighted by atomic mass is 16.5. The van der Waals surface area contributed by atoms with E-state index in [4.69, 9.17) is 4.74 Å². The molecule has 13 heavy (non-hydrogen) atoms.